The average molecular weight is 152 g/mol. The third-order valence-electron chi connectivity index (χ3n) is 2.30. The van der Waals surface area contributed by atoms with Crippen molar-refractivity contribution in [3.63, 3.8) is 0 Å². The lowest BCUT2D eigenvalue weighted by Crippen LogP contribution is -2.17. The van der Waals surface area contributed by atoms with E-state index in [0.29, 0.717) is 12.5 Å². The minimum absolute atomic E-state index is 0.442. The summed E-state index contributed by atoms with van der Waals surface area (Å²) >= 11 is 0. The zero-order valence-electron chi connectivity index (χ0n) is 6.42. The SMILES string of the molecule is NCC1CCCc2ocnc21. The van der Waals surface area contributed by atoms with E-state index in [9.17, 15) is 0 Å². The van der Waals surface area contributed by atoms with Crippen molar-refractivity contribution < 1.29 is 4.42 Å². The fourth-order valence-corrected chi connectivity index (χ4v) is 1.67. The average Bonchev–Trinajstić information content (AvgIpc) is 2.50. The molecule has 2 N–H and O–H groups in total. The van der Waals surface area contributed by atoms with Crippen molar-refractivity contribution in [2.75, 3.05) is 6.54 Å². The van der Waals surface area contributed by atoms with Crippen LogP contribution in [0.4, 0.5) is 0 Å². The number of nitrogens with zero attached hydrogens (tertiary/aromatic N) is 1. The molecule has 0 saturated carbocycles. The molecule has 3 nitrogen and oxygen atoms in total. The maximum absolute atomic E-state index is 5.60. The van der Waals surface area contributed by atoms with Crippen LogP contribution >= 0.6 is 0 Å². The van der Waals surface area contributed by atoms with Crippen molar-refractivity contribution in [1.82, 2.24) is 4.98 Å². The Morgan fingerprint density at radius 3 is 3.45 bits per heavy atom. The highest BCUT2D eigenvalue weighted by Crippen LogP contribution is 2.29. The Hall–Kier alpha value is -0.830. The first-order valence-electron chi connectivity index (χ1n) is 4.04. The van der Waals surface area contributed by atoms with Crippen LogP contribution in [0.15, 0.2) is 10.8 Å². The van der Waals surface area contributed by atoms with Gasteiger partial charge in [-0.3, -0.25) is 0 Å². The molecular weight excluding hydrogens is 140 g/mol. The van der Waals surface area contributed by atoms with Crippen molar-refractivity contribution in [3.05, 3.63) is 17.8 Å². The Kier molecular flexibility index (Phi) is 1.66. The van der Waals surface area contributed by atoms with Gasteiger partial charge in [0.25, 0.3) is 0 Å². The van der Waals surface area contributed by atoms with Crippen LogP contribution in [0, 0.1) is 0 Å². The molecule has 0 amide bonds. The molecular formula is C8H12N2O. The van der Waals surface area contributed by atoms with Crippen molar-refractivity contribution in [3.8, 4) is 0 Å². The van der Waals surface area contributed by atoms with Crippen LogP contribution in [-0.4, -0.2) is 11.5 Å². The van der Waals surface area contributed by atoms with Crippen LogP contribution in [0.1, 0.15) is 30.2 Å². The normalized spacial score (nSPS) is 23.2. The van der Waals surface area contributed by atoms with Gasteiger partial charge in [0.15, 0.2) is 6.39 Å². The van der Waals surface area contributed by atoms with E-state index < -0.39 is 0 Å². The Morgan fingerprint density at radius 1 is 1.73 bits per heavy atom. The van der Waals surface area contributed by atoms with E-state index in [1.165, 1.54) is 12.8 Å². The van der Waals surface area contributed by atoms with Gasteiger partial charge in [-0.1, -0.05) is 0 Å². The van der Waals surface area contributed by atoms with Crippen LogP contribution in [0.3, 0.4) is 0 Å². The van der Waals surface area contributed by atoms with Gasteiger partial charge in [-0.2, -0.15) is 0 Å². The van der Waals surface area contributed by atoms with Crippen molar-refractivity contribution in [2.45, 2.75) is 25.2 Å². The van der Waals surface area contributed by atoms with E-state index in [1.54, 1.807) is 0 Å². The first-order chi connectivity index (χ1) is 5.42. The predicted molar refractivity (Wildman–Crippen MR) is 41.2 cm³/mol. The minimum Gasteiger partial charge on any atom is -0.448 e. The molecule has 0 radical (unpaired) electrons. The Morgan fingerprint density at radius 2 is 2.64 bits per heavy atom. The molecule has 1 aromatic heterocycles. The topological polar surface area (TPSA) is 52.0 Å². The first-order valence-corrected chi connectivity index (χ1v) is 4.04. The smallest absolute Gasteiger partial charge is 0.181 e. The highest BCUT2D eigenvalue weighted by molar-refractivity contribution is 5.16. The van der Waals surface area contributed by atoms with Gasteiger partial charge in [0.05, 0.1) is 5.69 Å². The largest absolute Gasteiger partial charge is 0.448 e. The van der Waals surface area contributed by atoms with Crippen LogP contribution in [0.5, 0.6) is 0 Å². The van der Waals surface area contributed by atoms with Crippen molar-refractivity contribution in [1.29, 1.82) is 0 Å². The fraction of sp³-hybridized carbons (Fsp3) is 0.625. The highest BCUT2D eigenvalue weighted by Gasteiger charge is 2.22. The van der Waals surface area contributed by atoms with E-state index in [4.69, 9.17) is 10.2 Å². The first kappa shape index (κ1) is 6.85. The molecule has 1 aromatic rings. The second kappa shape index (κ2) is 2.66. The zero-order chi connectivity index (χ0) is 7.68. The minimum atomic E-state index is 0.442. The fourth-order valence-electron chi connectivity index (χ4n) is 1.67. The van der Waals surface area contributed by atoms with E-state index in [0.717, 1.165) is 24.3 Å². The molecule has 0 bridgehead atoms. The Labute approximate surface area is 65.6 Å². The monoisotopic (exact) mass is 152 g/mol. The van der Waals surface area contributed by atoms with E-state index in [-0.39, 0.29) is 0 Å². The van der Waals surface area contributed by atoms with Gasteiger partial charge in [0.1, 0.15) is 5.76 Å². The number of aryl methyl sites for hydroxylation is 1. The molecule has 1 heterocycles. The summed E-state index contributed by atoms with van der Waals surface area (Å²) in [6.45, 7) is 0.694. The summed E-state index contributed by atoms with van der Waals surface area (Å²) in [5.74, 6) is 1.49. The number of hydrogen-bond donors (Lipinski definition) is 1. The number of hydrogen-bond acceptors (Lipinski definition) is 3. The van der Waals surface area contributed by atoms with E-state index in [1.807, 2.05) is 0 Å². The Balaban J connectivity index is 2.32. The van der Waals surface area contributed by atoms with Gasteiger partial charge >= 0.3 is 0 Å². The van der Waals surface area contributed by atoms with Gasteiger partial charge in [-0.15, -0.1) is 0 Å². The second-order valence-electron chi connectivity index (χ2n) is 2.99. The number of oxazole rings is 1. The molecule has 1 unspecified atom stereocenters. The second-order valence-corrected chi connectivity index (χ2v) is 2.99. The summed E-state index contributed by atoms with van der Waals surface area (Å²) < 4.78 is 5.22. The molecule has 2 rings (SSSR count). The summed E-state index contributed by atoms with van der Waals surface area (Å²) in [5, 5.41) is 0. The molecule has 0 saturated heterocycles. The lowest BCUT2D eigenvalue weighted by Gasteiger charge is -2.17. The predicted octanol–water partition coefficient (Wildman–Crippen LogP) is 1.05. The molecule has 0 fully saturated rings. The highest BCUT2D eigenvalue weighted by atomic mass is 16.3. The van der Waals surface area contributed by atoms with Gasteiger partial charge < -0.3 is 10.2 Å². The van der Waals surface area contributed by atoms with E-state index >= 15 is 0 Å². The summed E-state index contributed by atoms with van der Waals surface area (Å²) in [4.78, 5) is 4.16. The standard InChI is InChI=1S/C8H12N2O/c9-4-6-2-1-3-7-8(6)10-5-11-7/h5-6H,1-4,9H2. The Bertz CT molecular complexity index is 244. The van der Waals surface area contributed by atoms with Crippen LogP contribution < -0.4 is 5.73 Å². The van der Waals surface area contributed by atoms with E-state index in [2.05, 4.69) is 4.98 Å². The third kappa shape index (κ3) is 1.05. The van der Waals surface area contributed by atoms with Gasteiger partial charge in [0, 0.05) is 18.9 Å². The molecule has 1 aliphatic rings. The molecule has 0 aliphatic heterocycles. The maximum atomic E-state index is 5.60. The molecule has 60 valence electrons. The summed E-state index contributed by atoms with van der Waals surface area (Å²) in [6, 6.07) is 0. The number of fused-ring (bicyclic) bond motifs is 1. The van der Waals surface area contributed by atoms with Gasteiger partial charge in [0.2, 0.25) is 0 Å². The molecule has 1 atom stereocenters. The molecule has 3 heteroatoms. The third-order valence-corrected chi connectivity index (χ3v) is 2.30. The molecule has 11 heavy (non-hydrogen) atoms. The van der Waals surface area contributed by atoms with Crippen LogP contribution in [0.25, 0.3) is 0 Å². The molecule has 0 aromatic carbocycles. The quantitative estimate of drug-likeness (QED) is 0.654. The van der Waals surface area contributed by atoms with Crippen molar-refractivity contribution >= 4 is 0 Å². The maximum Gasteiger partial charge on any atom is 0.181 e. The van der Waals surface area contributed by atoms with Crippen LogP contribution in [-0.2, 0) is 6.42 Å². The lowest BCUT2D eigenvalue weighted by molar-refractivity contribution is 0.452. The lowest BCUT2D eigenvalue weighted by atomic mass is 9.91. The molecule has 0 spiro atoms. The van der Waals surface area contributed by atoms with Gasteiger partial charge in [-0.25, -0.2) is 4.98 Å². The van der Waals surface area contributed by atoms with Crippen LogP contribution in [0.2, 0.25) is 0 Å². The van der Waals surface area contributed by atoms with Crippen molar-refractivity contribution in [2.24, 2.45) is 5.73 Å². The number of rotatable bonds is 1. The van der Waals surface area contributed by atoms with Gasteiger partial charge in [-0.05, 0) is 12.8 Å². The molecule has 1 aliphatic carbocycles. The summed E-state index contributed by atoms with van der Waals surface area (Å²) in [7, 11) is 0. The zero-order valence-corrected chi connectivity index (χ0v) is 6.42. The number of nitrogens with two attached hydrogens (primary N) is 1. The number of aromatic nitrogens is 1. The summed E-state index contributed by atoms with van der Waals surface area (Å²) in [6.07, 6.45) is 4.91. The summed E-state index contributed by atoms with van der Waals surface area (Å²) in [5.41, 5.74) is 6.69.